The molecule has 0 spiro atoms. The van der Waals surface area contributed by atoms with Crippen LogP contribution in [0.5, 0.6) is 0 Å². The minimum atomic E-state index is -4.63. The molecule has 1 saturated heterocycles. The van der Waals surface area contributed by atoms with Crippen molar-refractivity contribution in [2.75, 3.05) is 17.1 Å². The van der Waals surface area contributed by atoms with Crippen LogP contribution in [0, 0.1) is 0 Å². The molecule has 0 aliphatic carbocycles. The lowest BCUT2D eigenvalue weighted by Crippen LogP contribution is -2.43. The van der Waals surface area contributed by atoms with Crippen molar-refractivity contribution >= 4 is 43.1 Å². The van der Waals surface area contributed by atoms with Crippen LogP contribution in [0.1, 0.15) is 0 Å². The molecule has 2 aromatic rings. The Labute approximate surface area is 170 Å². The summed E-state index contributed by atoms with van der Waals surface area (Å²) in [4.78, 5) is 50.7. The second kappa shape index (κ2) is 8.01. The van der Waals surface area contributed by atoms with E-state index < -0.39 is 33.4 Å². The van der Waals surface area contributed by atoms with E-state index in [4.69, 9.17) is 0 Å². The summed E-state index contributed by atoms with van der Waals surface area (Å²) in [6, 6.07) is 8.63. The number of carbonyl (C=O) groups is 1. The SMILES string of the molecule is C/N=N\C1C(=O)N(c2cccc(P(=O)(O)O)c2)N(c2cccc(P(=O)(O)O)c2)C1O. The molecule has 5 N–H and O–H groups in total. The van der Waals surface area contributed by atoms with Crippen LogP contribution in [-0.2, 0) is 13.9 Å². The Kier molecular flexibility index (Phi) is 5.94. The summed E-state index contributed by atoms with van der Waals surface area (Å²) in [5, 5.41) is 19.2. The van der Waals surface area contributed by atoms with Crippen LogP contribution in [0.2, 0.25) is 0 Å². The van der Waals surface area contributed by atoms with Gasteiger partial charge in [0.1, 0.15) is 0 Å². The van der Waals surface area contributed by atoms with Gasteiger partial charge in [-0.25, -0.2) is 10.0 Å². The summed E-state index contributed by atoms with van der Waals surface area (Å²) in [5.74, 6) is -0.752. The monoisotopic (exact) mass is 456 g/mol. The molecule has 12 nitrogen and oxygen atoms in total. The first kappa shape index (κ1) is 22.3. The van der Waals surface area contributed by atoms with Gasteiger partial charge in [-0.2, -0.15) is 10.2 Å². The van der Waals surface area contributed by atoms with Crippen molar-refractivity contribution in [3.63, 3.8) is 0 Å². The molecule has 1 fully saturated rings. The second-order valence-corrected chi connectivity index (χ2v) is 9.51. The molecule has 0 saturated carbocycles. The normalized spacial score (nSPS) is 20.4. The zero-order valence-electron chi connectivity index (χ0n) is 15.4. The molecule has 160 valence electrons. The number of hydrogen-bond donors (Lipinski definition) is 5. The molecule has 1 aliphatic heterocycles. The van der Waals surface area contributed by atoms with Crippen LogP contribution in [0.3, 0.4) is 0 Å². The molecule has 2 aromatic carbocycles. The van der Waals surface area contributed by atoms with Crippen molar-refractivity contribution in [2.24, 2.45) is 10.2 Å². The van der Waals surface area contributed by atoms with Crippen LogP contribution >= 0.6 is 15.2 Å². The highest BCUT2D eigenvalue weighted by Gasteiger charge is 2.48. The maximum Gasteiger partial charge on any atom is 0.356 e. The highest BCUT2D eigenvalue weighted by Crippen LogP contribution is 2.39. The summed E-state index contributed by atoms with van der Waals surface area (Å²) in [7, 11) is -7.96. The number of azo groups is 1. The van der Waals surface area contributed by atoms with Crippen molar-refractivity contribution in [2.45, 2.75) is 12.3 Å². The van der Waals surface area contributed by atoms with Gasteiger partial charge in [-0.15, -0.1) is 0 Å². The maximum absolute atomic E-state index is 13.0. The molecule has 0 bridgehead atoms. The van der Waals surface area contributed by atoms with Crippen LogP contribution in [0.4, 0.5) is 11.4 Å². The minimum Gasteiger partial charge on any atom is -0.369 e. The van der Waals surface area contributed by atoms with Gasteiger partial charge in [-0.3, -0.25) is 13.9 Å². The van der Waals surface area contributed by atoms with E-state index in [2.05, 4.69) is 10.2 Å². The molecular weight excluding hydrogens is 438 g/mol. The highest BCUT2D eigenvalue weighted by molar-refractivity contribution is 7.60. The van der Waals surface area contributed by atoms with E-state index in [1.807, 2.05) is 0 Å². The first-order valence-electron chi connectivity index (χ1n) is 8.37. The summed E-state index contributed by atoms with van der Waals surface area (Å²) in [6.45, 7) is 0. The van der Waals surface area contributed by atoms with E-state index in [0.29, 0.717) is 0 Å². The third-order valence-electron chi connectivity index (χ3n) is 4.29. The van der Waals surface area contributed by atoms with E-state index in [0.717, 1.165) is 22.2 Å². The Hall–Kier alpha value is -2.43. The fourth-order valence-corrected chi connectivity index (χ4v) is 4.15. The zero-order chi connectivity index (χ0) is 22.3. The summed E-state index contributed by atoms with van der Waals surface area (Å²) < 4.78 is 23.3. The Bertz CT molecular complexity index is 1100. The van der Waals surface area contributed by atoms with E-state index in [9.17, 15) is 38.6 Å². The minimum absolute atomic E-state index is 0.00950. The highest BCUT2D eigenvalue weighted by atomic mass is 31.2. The lowest BCUT2D eigenvalue weighted by Gasteiger charge is -2.32. The number of anilines is 2. The van der Waals surface area contributed by atoms with Crippen LogP contribution in [0.25, 0.3) is 0 Å². The number of nitrogens with zero attached hydrogens (tertiary/aromatic N) is 4. The average Bonchev–Trinajstić information content (AvgIpc) is 2.92. The molecule has 0 aromatic heterocycles. The Morgan fingerprint density at radius 3 is 1.90 bits per heavy atom. The molecule has 2 atom stereocenters. The molecule has 1 amide bonds. The smallest absolute Gasteiger partial charge is 0.356 e. The van der Waals surface area contributed by atoms with Gasteiger partial charge < -0.3 is 24.7 Å². The van der Waals surface area contributed by atoms with Gasteiger partial charge in [0, 0.05) is 7.05 Å². The van der Waals surface area contributed by atoms with Crippen molar-refractivity contribution in [3.05, 3.63) is 48.5 Å². The number of aliphatic hydroxyl groups excluding tert-OH is 1. The Morgan fingerprint density at radius 2 is 1.40 bits per heavy atom. The van der Waals surface area contributed by atoms with Gasteiger partial charge in [0.2, 0.25) is 0 Å². The molecule has 14 heteroatoms. The van der Waals surface area contributed by atoms with E-state index in [1.165, 1.54) is 43.4 Å². The number of hydrogen-bond acceptors (Lipinski definition) is 7. The predicted molar refractivity (Wildman–Crippen MR) is 107 cm³/mol. The third-order valence-corrected chi connectivity index (χ3v) is 6.19. The number of hydrazine groups is 1. The largest absolute Gasteiger partial charge is 0.369 e. The van der Waals surface area contributed by atoms with E-state index in [-0.39, 0.29) is 22.0 Å². The Balaban J connectivity index is 2.18. The summed E-state index contributed by atoms with van der Waals surface area (Å²) in [5.41, 5.74) is 0.0577. The van der Waals surface area contributed by atoms with Crippen LogP contribution < -0.4 is 20.6 Å². The van der Waals surface area contributed by atoms with Gasteiger partial charge in [0.15, 0.2) is 12.3 Å². The van der Waals surface area contributed by atoms with Gasteiger partial charge >= 0.3 is 15.2 Å². The topological polar surface area (TPSA) is 184 Å². The first-order chi connectivity index (χ1) is 13.9. The third kappa shape index (κ3) is 4.21. The number of aliphatic hydroxyl groups is 1. The predicted octanol–water partition coefficient (Wildman–Crippen LogP) is -0.170. The van der Waals surface area contributed by atoms with Crippen molar-refractivity contribution < 1.29 is 38.6 Å². The Morgan fingerprint density at radius 1 is 0.900 bits per heavy atom. The van der Waals surface area contributed by atoms with Gasteiger partial charge in [-0.1, -0.05) is 12.1 Å². The number of rotatable bonds is 5. The molecule has 1 aliphatic rings. The summed E-state index contributed by atoms with van der Waals surface area (Å²) in [6.07, 6.45) is -1.59. The van der Waals surface area contributed by atoms with Crippen LogP contribution in [-0.4, -0.2) is 49.9 Å². The molecular formula is C16H18N4O8P2. The molecule has 1 heterocycles. The van der Waals surface area contributed by atoms with Crippen molar-refractivity contribution in [3.8, 4) is 0 Å². The quantitative estimate of drug-likeness (QED) is 0.301. The number of benzene rings is 2. The lowest BCUT2D eigenvalue weighted by atomic mass is 10.2. The van der Waals surface area contributed by atoms with Gasteiger partial charge in [0.05, 0.1) is 22.0 Å². The average molecular weight is 456 g/mol. The number of carbonyl (C=O) groups excluding carboxylic acids is 1. The lowest BCUT2D eigenvalue weighted by molar-refractivity contribution is -0.119. The van der Waals surface area contributed by atoms with Crippen molar-refractivity contribution in [1.29, 1.82) is 0 Å². The molecule has 30 heavy (non-hydrogen) atoms. The van der Waals surface area contributed by atoms with Gasteiger partial charge in [0.25, 0.3) is 5.91 Å². The molecule has 2 unspecified atom stereocenters. The second-order valence-electron chi connectivity index (χ2n) is 6.30. The van der Waals surface area contributed by atoms with Crippen LogP contribution in [0.15, 0.2) is 58.8 Å². The van der Waals surface area contributed by atoms with Gasteiger partial charge in [-0.05, 0) is 36.4 Å². The van der Waals surface area contributed by atoms with Crippen molar-refractivity contribution in [1.82, 2.24) is 0 Å². The molecule has 0 radical (unpaired) electrons. The maximum atomic E-state index is 13.0. The number of amides is 1. The molecule has 3 rings (SSSR count). The first-order valence-corrected chi connectivity index (χ1v) is 11.6. The zero-order valence-corrected chi connectivity index (χ0v) is 17.2. The van der Waals surface area contributed by atoms with E-state index >= 15 is 0 Å². The fraction of sp³-hybridized carbons (Fsp3) is 0.188. The summed E-state index contributed by atoms with van der Waals surface area (Å²) >= 11 is 0. The fourth-order valence-electron chi connectivity index (χ4n) is 2.99. The van der Waals surface area contributed by atoms with E-state index in [1.54, 1.807) is 0 Å². The standard InChI is InChI=1S/C16H18N4O8P2/c1-17-18-14-15(21)19(10-4-2-6-12(8-10)29(23,24)25)20(16(14)22)11-5-3-7-13(9-11)30(26,27)28/h2-9,14-15,21H,1H3,(H2,23,24,25)(H2,26,27,28)/b18-17-.